The van der Waals surface area contributed by atoms with Crippen LogP contribution in [-0.2, 0) is 0 Å². The van der Waals surface area contributed by atoms with Crippen molar-refractivity contribution in [3.8, 4) is 23.0 Å². The average molecular weight is 1220 g/mol. The van der Waals surface area contributed by atoms with Gasteiger partial charge in [0.2, 0.25) is 0 Å². The Morgan fingerprint density at radius 3 is 0.596 bits per heavy atom. The van der Waals surface area contributed by atoms with Crippen molar-refractivity contribution in [3.63, 3.8) is 0 Å². The fourth-order valence-electron chi connectivity index (χ4n) is 11.6. The lowest BCUT2D eigenvalue weighted by atomic mass is 9.72. The van der Waals surface area contributed by atoms with Crippen LogP contribution >= 0.6 is 0 Å². The van der Waals surface area contributed by atoms with Gasteiger partial charge in [0.1, 0.15) is 23.0 Å². The Hall–Kier alpha value is -12.4. The molecule has 0 aliphatic carbocycles. The van der Waals surface area contributed by atoms with Crippen molar-refractivity contribution in [3.05, 3.63) is 382 Å². The molecule has 0 fully saturated rings. The molecule has 0 aromatic heterocycles. The zero-order valence-electron chi connectivity index (χ0n) is 52.6. The van der Waals surface area contributed by atoms with Crippen molar-refractivity contribution < 1.29 is 18.9 Å². The van der Waals surface area contributed by atoms with Crippen LogP contribution in [-0.4, -0.2) is 51.9 Å². The third kappa shape index (κ3) is 14.6. The number of nitrogens with zero attached hydrogens (tertiary/aromatic N) is 4. The summed E-state index contributed by atoms with van der Waals surface area (Å²) in [5.41, 5.74) is 16.5. The van der Waals surface area contributed by atoms with Crippen LogP contribution in [0.2, 0.25) is 0 Å². The van der Waals surface area contributed by atoms with Crippen LogP contribution in [0.1, 0.15) is 78.6 Å². The van der Waals surface area contributed by atoms with Crippen LogP contribution in [0.3, 0.4) is 0 Å². The number of rotatable bonds is 21. The maximum atomic E-state index is 6.39. The van der Waals surface area contributed by atoms with E-state index in [1.54, 1.807) is 28.4 Å². The molecule has 0 saturated carbocycles. The minimum atomic E-state index is -0.535. The Bertz CT molecular complexity index is 4220. The molecule has 0 saturated heterocycles. The van der Waals surface area contributed by atoms with Crippen LogP contribution in [0.4, 0.5) is 22.7 Å². The van der Waals surface area contributed by atoms with E-state index in [0.29, 0.717) is 23.0 Å². The van der Waals surface area contributed by atoms with Gasteiger partial charge in [0.15, 0.2) is 0 Å². The van der Waals surface area contributed by atoms with E-state index in [1.165, 1.54) is 0 Å². The summed E-state index contributed by atoms with van der Waals surface area (Å²) >= 11 is 0. The molecule has 0 unspecified atom stereocenters. The van der Waals surface area contributed by atoms with Crippen molar-refractivity contribution in [1.29, 1.82) is 0 Å². The zero-order chi connectivity index (χ0) is 64.3. The van der Waals surface area contributed by atoms with Crippen molar-refractivity contribution in [2.75, 3.05) is 28.4 Å². The molecule has 12 aromatic rings. The summed E-state index contributed by atoms with van der Waals surface area (Å²) in [7, 11) is 6.82. The molecule has 8 heteroatoms. The van der Waals surface area contributed by atoms with E-state index in [9.17, 15) is 0 Å². The van der Waals surface area contributed by atoms with E-state index in [0.717, 1.165) is 112 Å². The minimum Gasteiger partial charge on any atom is -0.496 e. The molecule has 12 rings (SSSR count). The maximum Gasteiger partial charge on any atom is 0.127 e. The zero-order valence-corrected chi connectivity index (χ0v) is 52.6. The highest BCUT2D eigenvalue weighted by molar-refractivity contribution is 6.04. The van der Waals surface area contributed by atoms with Crippen LogP contribution in [0.25, 0.3) is 22.3 Å². The number of aliphatic imine (C=N–C) groups is 4. The van der Waals surface area contributed by atoms with Gasteiger partial charge in [-0.25, -0.2) is 20.0 Å². The van der Waals surface area contributed by atoms with Crippen molar-refractivity contribution in [2.45, 2.75) is 11.8 Å². The second kappa shape index (κ2) is 30.4. The number of ether oxygens (including phenoxy) is 4. The summed E-state index contributed by atoms with van der Waals surface area (Å²) in [6.45, 7) is 0. The third-order valence-corrected chi connectivity index (χ3v) is 16.2. The van der Waals surface area contributed by atoms with Gasteiger partial charge in [-0.15, -0.1) is 0 Å². The first-order chi connectivity index (χ1) is 46.5. The summed E-state index contributed by atoms with van der Waals surface area (Å²) in [5.74, 6) is 15.6. The largest absolute Gasteiger partial charge is 0.496 e. The van der Waals surface area contributed by atoms with E-state index in [1.807, 2.05) is 194 Å². The Morgan fingerprint density at radius 1 is 0.234 bits per heavy atom. The summed E-state index contributed by atoms with van der Waals surface area (Å²) in [5, 5.41) is 0. The second-order valence-corrected chi connectivity index (χ2v) is 22.0. The molecule has 0 aliphatic rings. The Morgan fingerprint density at radius 2 is 0.415 bits per heavy atom. The first-order valence-electron chi connectivity index (χ1n) is 31.0. The van der Waals surface area contributed by atoms with Crippen molar-refractivity contribution in [1.82, 2.24) is 0 Å². The minimum absolute atomic E-state index is 0.535. The topological polar surface area (TPSA) is 86.4 Å². The molecule has 0 bridgehead atoms. The highest BCUT2D eigenvalue weighted by atomic mass is 16.5. The van der Waals surface area contributed by atoms with Crippen molar-refractivity contribution in [2.24, 2.45) is 20.0 Å². The molecule has 0 aliphatic heterocycles. The quantitative estimate of drug-likeness (QED) is 0.0671. The predicted octanol–water partition coefficient (Wildman–Crippen LogP) is 20.4. The van der Waals surface area contributed by atoms with Crippen molar-refractivity contribution >= 4 is 68.5 Å². The Labute approximate surface area is 549 Å². The second-order valence-electron chi connectivity index (χ2n) is 22.0. The highest BCUT2D eigenvalue weighted by Crippen LogP contribution is 2.49. The number of methoxy groups -OCH3 is 4. The molecule has 8 nitrogen and oxygen atoms in total. The van der Waals surface area contributed by atoms with Gasteiger partial charge in [-0.2, -0.15) is 0 Å². The van der Waals surface area contributed by atoms with E-state index >= 15 is 0 Å². The lowest BCUT2D eigenvalue weighted by Crippen LogP contribution is -2.17. The molecule has 0 atom stereocenters. The lowest BCUT2D eigenvalue weighted by Gasteiger charge is -2.32. The molecule has 0 amide bonds. The van der Waals surface area contributed by atoms with E-state index < -0.39 is 11.8 Å². The van der Waals surface area contributed by atoms with Crippen LogP contribution < -0.4 is 18.9 Å². The van der Waals surface area contributed by atoms with Gasteiger partial charge in [0.05, 0.1) is 73.5 Å². The first-order valence-corrected chi connectivity index (χ1v) is 31.0. The molecule has 0 radical (unpaired) electrons. The average Bonchev–Trinajstić information content (AvgIpc) is 0.763. The number of benzene rings is 12. The highest BCUT2D eigenvalue weighted by Gasteiger charge is 2.33. The number of para-hydroxylation sites is 4. The van der Waals surface area contributed by atoms with Gasteiger partial charge >= 0.3 is 0 Å². The summed E-state index contributed by atoms with van der Waals surface area (Å²) in [6.07, 6.45) is 0. The van der Waals surface area contributed by atoms with Gasteiger partial charge in [0, 0.05) is 34.1 Å². The van der Waals surface area contributed by atoms with Crippen LogP contribution in [0.15, 0.2) is 335 Å². The first kappa shape index (κ1) is 61.9. The molecular formula is C86H66N4O4. The monoisotopic (exact) mass is 1220 g/mol. The molecule has 0 spiro atoms. The van der Waals surface area contributed by atoms with Gasteiger partial charge in [-0.1, -0.05) is 218 Å². The maximum absolute atomic E-state index is 6.39. The lowest BCUT2D eigenvalue weighted by molar-refractivity contribution is 0.412. The smallest absolute Gasteiger partial charge is 0.127 e. The summed E-state index contributed by atoms with van der Waals surface area (Å²) in [4.78, 5) is 20.0. The Kier molecular flexibility index (Phi) is 20.0. The summed E-state index contributed by atoms with van der Waals surface area (Å²) < 4.78 is 25.5. The third-order valence-electron chi connectivity index (χ3n) is 16.2. The normalized spacial score (nSPS) is 11.1. The van der Waals surface area contributed by atoms with Gasteiger partial charge in [0.25, 0.3) is 0 Å². The molecule has 0 heterocycles. The fourth-order valence-corrected chi connectivity index (χ4v) is 11.6. The number of hydrogen-bond donors (Lipinski definition) is 0. The molecule has 12 aromatic carbocycles. The van der Waals surface area contributed by atoms with E-state index in [-0.39, 0.29) is 0 Å². The Balaban J connectivity index is 1.21. The van der Waals surface area contributed by atoms with Crippen LogP contribution in [0.5, 0.6) is 23.0 Å². The molecule has 94 heavy (non-hydrogen) atoms. The summed E-state index contributed by atoms with van der Waals surface area (Å²) in [6, 6.07) is 106. The van der Waals surface area contributed by atoms with Gasteiger partial charge < -0.3 is 18.9 Å². The van der Waals surface area contributed by atoms with Crippen LogP contribution in [0, 0.1) is 0 Å². The molecule has 0 N–H and O–H groups in total. The molecular weight excluding hydrogens is 1150 g/mol. The van der Waals surface area contributed by atoms with Gasteiger partial charge in [-0.3, -0.25) is 0 Å². The van der Waals surface area contributed by atoms with E-state index in [4.69, 9.17) is 38.9 Å². The van der Waals surface area contributed by atoms with E-state index in [2.05, 4.69) is 145 Å². The standard InChI is InChI=1S/C86H66N4O4/c1-91-81-49-45-65(53-73(81)77(61-29-13-5-14-30-61)57-87-69-37-21-9-22-38-69)85(66-46-50-82(92-2)74(54-66)78(62-31-15-6-16-32-62)58-88-70-39-23-10-24-40-70)86(67-47-51-83(93-3)75(55-67)79(63-33-17-7-18-34-63)59-89-71-41-25-11-26-42-71)68-48-52-84(94-4)76(56-68)80(64-35-19-8-20-36-64)60-90-72-43-27-12-28-44-72/h5-56,85-86H,1-4H3. The fraction of sp³-hybridized carbons (Fsp3) is 0.0698. The van der Waals surface area contributed by atoms with Gasteiger partial charge in [-0.05, 0) is 165 Å². The number of hydrogen-bond acceptors (Lipinski definition) is 8. The predicted molar refractivity (Wildman–Crippen MR) is 386 cm³/mol. The molecule has 454 valence electrons. The SMILES string of the molecule is COc1ccc(C(c2ccc(OC)c(C(=C=Nc3ccccc3)c3ccccc3)c2)C(c2ccc(OC)c(C(=C=Nc3ccccc3)c3ccccc3)c2)c2ccc(OC)c(C(=C=Nc3ccccc3)c3ccccc3)c2)cc1C(=C=Nc1ccccc1)c1ccccc1.